The van der Waals surface area contributed by atoms with Gasteiger partial charge in [-0.15, -0.1) is 0 Å². The van der Waals surface area contributed by atoms with Crippen LogP contribution in [0.2, 0.25) is 0 Å². The minimum atomic E-state index is -0.472. The van der Waals surface area contributed by atoms with Crippen LogP contribution in [0.25, 0.3) is 33.4 Å². The maximum Gasteiger partial charge on any atom is 0.180 e. The van der Waals surface area contributed by atoms with Crippen LogP contribution in [0.1, 0.15) is 12.5 Å². The van der Waals surface area contributed by atoms with Gasteiger partial charge in [0.25, 0.3) is 0 Å². The maximum atomic E-state index is 14.6. The van der Waals surface area contributed by atoms with Gasteiger partial charge >= 0.3 is 0 Å². The predicted molar refractivity (Wildman–Crippen MR) is 93.0 cm³/mol. The third-order valence-electron chi connectivity index (χ3n) is 4.20. The SMILES string of the molecule is CCc1cc(-c2ncc(-c3cn[nH]c3)c3onc(N)c23)c(F)cc1N. The first-order chi connectivity index (χ1) is 12.1. The molecule has 3 heterocycles. The third kappa shape index (κ3) is 2.30. The highest BCUT2D eigenvalue weighted by atomic mass is 19.1. The van der Waals surface area contributed by atoms with Crippen LogP contribution in [0.3, 0.4) is 0 Å². The molecule has 0 fully saturated rings. The minimum Gasteiger partial charge on any atom is -0.398 e. The van der Waals surface area contributed by atoms with Gasteiger partial charge in [-0.25, -0.2) is 4.39 Å². The molecule has 0 aliphatic carbocycles. The zero-order valence-electron chi connectivity index (χ0n) is 13.4. The average Bonchev–Trinajstić information content (AvgIpc) is 3.25. The van der Waals surface area contributed by atoms with Crippen LogP contribution in [0, 0.1) is 5.82 Å². The number of pyridine rings is 1. The van der Waals surface area contributed by atoms with Crippen LogP contribution < -0.4 is 11.5 Å². The fraction of sp³-hybridized carbons (Fsp3) is 0.118. The number of fused-ring (bicyclic) bond motifs is 1. The van der Waals surface area contributed by atoms with Crippen LogP contribution in [-0.4, -0.2) is 20.3 Å². The maximum absolute atomic E-state index is 14.6. The Morgan fingerprint density at radius 3 is 2.76 bits per heavy atom. The molecule has 4 aromatic rings. The van der Waals surface area contributed by atoms with E-state index in [1.807, 2.05) is 6.92 Å². The number of hydrogen-bond acceptors (Lipinski definition) is 6. The fourth-order valence-electron chi connectivity index (χ4n) is 2.90. The number of H-pyrrole nitrogens is 1. The molecule has 0 radical (unpaired) electrons. The molecule has 0 saturated heterocycles. The molecule has 4 rings (SSSR count). The summed E-state index contributed by atoms with van der Waals surface area (Å²) >= 11 is 0. The number of aromatic amines is 1. The van der Waals surface area contributed by atoms with Gasteiger partial charge in [0.2, 0.25) is 0 Å². The summed E-state index contributed by atoms with van der Waals surface area (Å²) in [7, 11) is 0. The molecule has 0 unspecified atom stereocenters. The lowest BCUT2D eigenvalue weighted by Crippen LogP contribution is -1.99. The van der Waals surface area contributed by atoms with Crippen molar-refractivity contribution in [3.8, 4) is 22.4 Å². The van der Waals surface area contributed by atoms with Gasteiger partial charge < -0.3 is 16.0 Å². The molecular weight excluding hydrogens is 323 g/mol. The van der Waals surface area contributed by atoms with E-state index in [2.05, 4.69) is 20.3 Å². The minimum absolute atomic E-state index is 0.150. The third-order valence-corrected chi connectivity index (χ3v) is 4.20. The molecule has 0 aliphatic heterocycles. The molecule has 0 aliphatic rings. The Labute approximate surface area is 141 Å². The number of nitrogens with one attached hydrogen (secondary N) is 1. The van der Waals surface area contributed by atoms with Gasteiger partial charge in [-0.05, 0) is 24.1 Å². The smallest absolute Gasteiger partial charge is 0.180 e. The van der Waals surface area contributed by atoms with Crippen molar-refractivity contribution in [3.05, 3.63) is 42.1 Å². The summed E-state index contributed by atoms with van der Waals surface area (Å²) in [4.78, 5) is 4.43. The van der Waals surface area contributed by atoms with Gasteiger partial charge in [-0.3, -0.25) is 10.1 Å². The van der Waals surface area contributed by atoms with E-state index >= 15 is 0 Å². The number of benzene rings is 1. The second-order valence-electron chi connectivity index (χ2n) is 5.66. The summed E-state index contributed by atoms with van der Waals surface area (Å²) in [6.45, 7) is 1.95. The molecule has 25 heavy (non-hydrogen) atoms. The molecule has 3 aromatic heterocycles. The molecule has 0 spiro atoms. The predicted octanol–water partition coefficient (Wildman–Crippen LogP) is 3.15. The number of nitrogen functional groups attached to an aromatic ring is 2. The highest BCUT2D eigenvalue weighted by Gasteiger charge is 2.21. The zero-order valence-corrected chi connectivity index (χ0v) is 13.4. The molecule has 0 atom stereocenters. The molecule has 1 aromatic carbocycles. The Morgan fingerprint density at radius 2 is 2.04 bits per heavy atom. The van der Waals surface area contributed by atoms with Gasteiger partial charge in [0.1, 0.15) is 5.82 Å². The normalized spacial score (nSPS) is 11.3. The Bertz CT molecular complexity index is 1070. The van der Waals surface area contributed by atoms with E-state index in [9.17, 15) is 4.39 Å². The van der Waals surface area contributed by atoms with Crippen LogP contribution in [0.4, 0.5) is 15.9 Å². The Morgan fingerprint density at radius 1 is 1.20 bits per heavy atom. The van der Waals surface area contributed by atoms with Crippen molar-refractivity contribution in [1.29, 1.82) is 0 Å². The lowest BCUT2D eigenvalue weighted by molar-refractivity contribution is 0.461. The van der Waals surface area contributed by atoms with Gasteiger partial charge in [-0.2, -0.15) is 5.10 Å². The van der Waals surface area contributed by atoms with Crippen molar-refractivity contribution >= 4 is 22.5 Å². The van der Waals surface area contributed by atoms with Crippen molar-refractivity contribution in [2.75, 3.05) is 11.5 Å². The van der Waals surface area contributed by atoms with Crippen LogP contribution in [-0.2, 0) is 6.42 Å². The van der Waals surface area contributed by atoms with E-state index in [0.717, 1.165) is 11.1 Å². The quantitative estimate of drug-likeness (QED) is 0.494. The summed E-state index contributed by atoms with van der Waals surface area (Å²) in [5.41, 5.74) is 15.6. The summed E-state index contributed by atoms with van der Waals surface area (Å²) in [6.07, 6.45) is 5.60. The average molecular weight is 338 g/mol. The lowest BCUT2D eigenvalue weighted by atomic mass is 9.99. The second-order valence-corrected chi connectivity index (χ2v) is 5.66. The van der Waals surface area contributed by atoms with Gasteiger partial charge in [0.05, 0.1) is 17.3 Å². The molecule has 0 saturated carbocycles. The van der Waals surface area contributed by atoms with Crippen LogP contribution in [0.5, 0.6) is 0 Å². The highest BCUT2D eigenvalue weighted by Crippen LogP contribution is 2.38. The van der Waals surface area contributed by atoms with E-state index in [0.29, 0.717) is 39.9 Å². The highest BCUT2D eigenvalue weighted by molar-refractivity contribution is 6.05. The Hall–Kier alpha value is -3.42. The van der Waals surface area contributed by atoms with Crippen LogP contribution >= 0.6 is 0 Å². The molecule has 0 bridgehead atoms. The van der Waals surface area contributed by atoms with Crippen molar-refractivity contribution in [2.24, 2.45) is 0 Å². The number of rotatable bonds is 3. The molecular formula is C17H15FN6O. The molecule has 0 amide bonds. The zero-order chi connectivity index (χ0) is 17.6. The Balaban J connectivity index is 2.02. The Kier molecular flexibility index (Phi) is 3.38. The van der Waals surface area contributed by atoms with Gasteiger partial charge in [-0.1, -0.05) is 12.1 Å². The molecule has 7 nitrogen and oxygen atoms in total. The van der Waals surface area contributed by atoms with E-state index in [4.69, 9.17) is 16.0 Å². The second kappa shape index (κ2) is 5.59. The topological polar surface area (TPSA) is 120 Å². The van der Waals surface area contributed by atoms with Crippen molar-refractivity contribution in [2.45, 2.75) is 13.3 Å². The number of nitrogens with two attached hydrogens (primary N) is 2. The standard InChI is InChI=1S/C17H15FN6O/c1-2-8-3-10(12(18)4-13(8)19)15-14-16(25-24-17(14)20)11(7-21-15)9-5-22-23-6-9/h3-7H,2,19H2,1H3,(H2,20,24)(H,22,23). The number of nitrogens with zero attached hydrogens (tertiary/aromatic N) is 3. The van der Waals surface area contributed by atoms with E-state index in [1.54, 1.807) is 24.7 Å². The van der Waals surface area contributed by atoms with E-state index < -0.39 is 5.82 Å². The lowest BCUT2D eigenvalue weighted by Gasteiger charge is -2.10. The van der Waals surface area contributed by atoms with Gasteiger partial charge in [0.15, 0.2) is 11.4 Å². The summed E-state index contributed by atoms with van der Waals surface area (Å²) in [5.74, 6) is -0.322. The van der Waals surface area contributed by atoms with E-state index in [1.165, 1.54) is 6.07 Å². The van der Waals surface area contributed by atoms with Crippen molar-refractivity contribution in [3.63, 3.8) is 0 Å². The number of hydrogen-bond donors (Lipinski definition) is 3. The van der Waals surface area contributed by atoms with Crippen molar-refractivity contribution in [1.82, 2.24) is 20.3 Å². The number of aryl methyl sites for hydroxylation is 1. The van der Waals surface area contributed by atoms with Gasteiger partial charge in [0, 0.05) is 34.8 Å². The number of halogens is 1. The largest absolute Gasteiger partial charge is 0.398 e. The van der Waals surface area contributed by atoms with E-state index in [-0.39, 0.29) is 5.82 Å². The van der Waals surface area contributed by atoms with Crippen LogP contribution in [0.15, 0.2) is 35.2 Å². The summed E-state index contributed by atoms with van der Waals surface area (Å²) < 4.78 is 19.9. The first-order valence-electron chi connectivity index (χ1n) is 7.71. The first kappa shape index (κ1) is 15.1. The molecule has 8 heteroatoms. The number of aromatic nitrogens is 4. The van der Waals surface area contributed by atoms with Crippen molar-refractivity contribution < 1.29 is 8.91 Å². The summed E-state index contributed by atoms with van der Waals surface area (Å²) in [5, 5.41) is 10.9. The summed E-state index contributed by atoms with van der Waals surface area (Å²) in [6, 6.07) is 2.99. The number of anilines is 2. The fourth-order valence-corrected chi connectivity index (χ4v) is 2.90. The molecule has 126 valence electrons. The first-order valence-corrected chi connectivity index (χ1v) is 7.71. The monoisotopic (exact) mass is 338 g/mol. The molecule has 5 N–H and O–H groups in total.